The van der Waals surface area contributed by atoms with E-state index in [1.807, 2.05) is 30.3 Å². The van der Waals surface area contributed by atoms with Gasteiger partial charge < -0.3 is 15.1 Å². The van der Waals surface area contributed by atoms with Crippen LogP contribution >= 0.6 is 0 Å². The quantitative estimate of drug-likeness (QED) is 0.749. The van der Waals surface area contributed by atoms with E-state index in [9.17, 15) is 14.4 Å². The molecule has 0 aliphatic rings. The standard InChI is InChI=1S/C14H17NO5/c16-12(6-7-13(17)18)15(9-8-14(19)20)10-11-4-2-1-3-5-11/h1-5H,6-10H2,(H,17,18)(H,19,20). The Morgan fingerprint density at radius 1 is 0.900 bits per heavy atom. The molecule has 0 aliphatic carbocycles. The Balaban J connectivity index is 2.66. The zero-order chi connectivity index (χ0) is 15.0. The summed E-state index contributed by atoms with van der Waals surface area (Å²) in [5.41, 5.74) is 0.876. The van der Waals surface area contributed by atoms with Gasteiger partial charge in [-0.05, 0) is 5.56 Å². The fourth-order valence-corrected chi connectivity index (χ4v) is 1.70. The molecule has 0 spiro atoms. The molecule has 0 fully saturated rings. The monoisotopic (exact) mass is 279 g/mol. The first kappa shape index (κ1) is 15.7. The molecule has 6 heteroatoms. The smallest absolute Gasteiger partial charge is 0.305 e. The van der Waals surface area contributed by atoms with Crippen molar-refractivity contribution in [3.05, 3.63) is 35.9 Å². The van der Waals surface area contributed by atoms with Gasteiger partial charge in [-0.3, -0.25) is 14.4 Å². The van der Waals surface area contributed by atoms with Crippen LogP contribution in [0.5, 0.6) is 0 Å². The molecule has 0 radical (unpaired) electrons. The van der Waals surface area contributed by atoms with Crippen LogP contribution in [0.2, 0.25) is 0 Å². The van der Waals surface area contributed by atoms with Crippen LogP contribution in [0.3, 0.4) is 0 Å². The van der Waals surface area contributed by atoms with Gasteiger partial charge >= 0.3 is 11.9 Å². The first-order valence-electron chi connectivity index (χ1n) is 6.24. The molecule has 6 nitrogen and oxygen atoms in total. The van der Waals surface area contributed by atoms with Gasteiger partial charge in [0.15, 0.2) is 0 Å². The molecule has 20 heavy (non-hydrogen) atoms. The van der Waals surface area contributed by atoms with E-state index in [1.165, 1.54) is 4.90 Å². The van der Waals surface area contributed by atoms with Crippen molar-refractivity contribution in [3.63, 3.8) is 0 Å². The van der Waals surface area contributed by atoms with Gasteiger partial charge in [0.2, 0.25) is 5.91 Å². The van der Waals surface area contributed by atoms with Crippen molar-refractivity contribution < 1.29 is 24.6 Å². The largest absolute Gasteiger partial charge is 0.481 e. The summed E-state index contributed by atoms with van der Waals surface area (Å²) in [5.74, 6) is -2.39. The number of hydrogen-bond acceptors (Lipinski definition) is 3. The highest BCUT2D eigenvalue weighted by atomic mass is 16.4. The highest BCUT2D eigenvalue weighted by Gasteiger charge is 2.16. The summed E-state index contributed by atoms with van der Waals surface area (Å²) in [4.78, 5) is 34.4. The second-order valence-electron chi connectivity index (χ2n) is 4.34. The maximum atomic E-state index is 11.9. The van der Waals surface area contributed by atoms with E-state index in [1.54, 1.807) is 0 Å². The summed E-state index contributed by atoms with van der Waals surface area (Å²) in [7, 11) is 0. The second kappa shape index (κ2) is 7.93. The molecule has 108 valence electrons. The second-order valence-corrected chi connectivity index (χ2v) is 4.34. The third-order valence-corrected chi connectivity index (χ3v) is 2.72. The number of carboxylic acid groups (broad SMARTS) is 2. The summed E-state index contributed by atoms with van der Waals surface area (Å²) in [5, 5.41) is 17.3. The maximum Gasteiger partial charge on any atom is 0.305 e. The molecule has 0 aliphatic heterocycles. The lowest BCUT2D eigenvalue weighted by Crippen LogP contribution is -2.32. The summed E-state index contributed by atoms with van der Waals surface area (Å²) in [6, 6.07) is 9.16. The lowest BCUT2D eigenvalue weighted by molar-refractivity contribution is -0.142. The summed E-state index contributed by atoms with van der Waals surface area (Å²) in [6.07, 6.45) is -0.537. The van der Waals surface area contributed by atoms with E-state index in [0.29, 0.717) is 0 Å². The van der Waals surface area contributed by atoms with Crippen LogP contribution in [0.4, 0.5) is 0 Å². The lowest BCUT2D eigenvalue weighted by Gasteiger charge is -2.22. The molecule has 0 saturated carbocycles. The molecule has 1 aromatic carbocycles. The fourth-order valence-electron chi connectivity index (χ4n) is 1.70. The highest BCUT2D eigenvalue weighted by molar-refractivity contribution is 5.81. The number of carbonyl (C=O) groups is 3. The topological polar surface area (TPSA) is 94.9 Å². The SMILES string of the molecule is O=C(O)CCC(=O)N(CCC(=O)O)Cc1ccccc1. The number of benzene rings is 1. The molecule has 1 amide bonds. The van der Waals surface area contributed by atoms with Crippen LogP contribution < -0.4 is 0 Å². The number of carbonyl (C=O) groups excluding carboxylic acids is 1. The van der Waals surface area contributed by atoms with Crippen molar-refractivity contribution in [1.82, 2.24) is 4.90 Å². The van der Waals surface area contributed by atoms with Crippen LogP contribution in [0.25, 0.3) is 0 Å². The molecule has 0 aromatic heterocycles. The Bertz CT molecular complexity index is 472. The number of carboxylic acids is 2. The molecule has 1 aromatic rings. The normalized spacial score (nSPS) is 10.0. The fraction of sp³-hybridized carbons (Fsp3) is 0.357. The first-order valence-corrected chi connectivity index (χ1v) is 6.24. The van der Waals surface area contributed by atoms with E-state index in [-0.39, 0.29) is 38.3 Å². The Labute approximate surface area is 116 Å². The Morgan fingerprint density at radius 3 is 2.05 bits per heavy atom. The van der Waals surface area contributed by atoms with Crippen LogP contribution in [0.1, 0.15) is 24.8 Å². The van der Waals surface area contributed by atoms with Gasteiger partial charge in [-0.1, -0.05) is 30.3 Å². The van der Waals surface area contributed by atoms with Crippen LogP contribution in [0, 0.1) is 0 Å². The van der Waals surface area contributed by atoms with Crippen molar-refractivity contribution >= 4 is 17.8 Å². The maximum absolute atomic E-state index is 11.9. The molecule has 0 heterocycles. The predicted molar refractivity (Wildman–Crippen MR) is 71.0 cm³/mol. The number of hydrogen-bond donors (Lipinski definition) is 2. The van der Waals surface area contributed by atoms with Crippen molar-refractivity contribution in [2.75, 3.05) is 6.54 Å². The third kappa shape index (κ3) is 5.99. The van der Waals surface area contributed by atoms with Gasteiger partial charge in [0.05, 0.1) is 12.8 Å². The van der Waals surface area contributed by atoms with Crippen molar-refractivity contribution in [2.45, 2.75) is 25.8 Å². The molecule has 0 saturated heterocycles. The molecule has 1 rings (SSSR count). The Kier molecular flexibility index (Phi) is 6.22. The van der Waals surface area contributed by atoms with Gasteiger partial charge in [0, 0.05) is 19.5 Å². The van der Waals surface area contributed by atoms with E-state index in [2.05, 4.69) is 0 Å². The number of aliphatic carboxylic acids is 2. The third-order valence-electron chi connectivity index (χ3n) is 2.72. The highest BCUT2D eigenvalue weighted by Crippen LogP contribution is 2.08. The van der Waals surface area contributed by atoms with Gasteiger partial charge in [0.1, 0.15) is 0 Å². The number of nitrogens with zero attached hydrogens (tertiary/aromatic N) is 1. The molecule has 2 N–H and O–H groups in total. The lowest BCUT2D eigenvalue weighted by atomic mass is 10.2. The van der Waals surface area contributed by atoms with Gasteiger partial charge in [-0.25, -0.2) is 0 Å². The molecular formula is C14H17NO5. The average Bonchev–Trinajstić information content (AvgIpc) is 2.41. The van der Waals surface area contributed by atoms with Crippen LogP contribution in [-0.2, 0) is 20.9 Å². The van der Waals surface area contributed by atoms with Crippen LogP contribution in [-0.4, -0.2) is 39.5 Å². The van der Waals surface area contributed by atoms with Gasteiger partial charge in [0.25, 0.3) is 0 Å². The van der Waals surface area contributed by atoms with Gasteiger partial charge in [-0.2, -0.15) is 0 Å². The zero-order valence-electron chi connectivity index (χ0n) is 11.0. The minimum Gasteiger partial charge on any atom is -0.481 e. The molecule has 0 bridgehead atoms. The number of rotatable bonds is 8. The van der Waals surface area contributed by atoms with Crippen molar-refractivity contribution in [1.29, 1.82) is 0 Å². The minimum absolute atomic E-state index is 0.0721. The Morgan fingerprint density at radius 2 is 1.50 bits per heavy atom. The molecular weight excluding hydrogens is 262 g/mol. The predicted octanol–water partition coefficient (Wildman–Crippen LogP) is 1.35. The van der Waals surface area contributed by atoms with E-state index in [4.69, 9.17) is 10.2 Å². The first-order chi connectivity index (χ1) is 9.49. The van der Waals surface area contributed by atoms with Gasteiger partial charge in [-0.15, -0.1) is 0 Å². The molecule has 0 atom stereocenters. The minimum atomic E-state index is -1.05. The average molecular weight is 279 g/mol. The van der Waals surface area contributed by atoms with E-state index < -0.39 is 11.9 Å². The summed E-state index contributed by atoms with van der Waals surface area (Å²) < 4.78 is 0. The van der Waals surface area contributed by atoms with Crippen molar-refractivity contribution in [2.24, 2.45) is 0 Å². The van der Waals surface area contributed by atoms with E-state index in [0.717, 1.165) is 5.56 Å². The molecule has 0 unspecified atom stereocenters. The Hall–Kier alpha value is -2.37. The zero-order valence-corrected chi connectivity index (χ0v) is 11.0. The van der Waals surface area contributed by atoms with E-state index >= 15 is 0 Å². The summed E-state index contributed by atoms with van der Waals surface area (Å²) in [6.45, 7) is 0.356. The summed E-state index contributed by atoms with van der Waals surface area (Å²) >= 11 is 0. The van der Waals surface area contributed by atoms with Crippen molar-refractivity contribution in [3.8, 4) is 0 Å². The number of amides is 1. The van der Waals surface area contributed by atoms with Crippen LogP contribution in [0.15, 0.2) is 30.3 Å².